The number of pyridine rings is 1. The first-order valence-corrected chi connectivity index (χ1v) is 10.7. The summed E-state index contributed by atoms with van der Waals surface area (Å²) in [6.07, 6.45) is 15.6. The molecule has 0 saturated heterocycles. The van der Waals surface area contributed by atoms with Gasteiger partial charge in [-0.05, 0) is 48.4 Å². The highest BCUT2D eigenvalue weighted by Crippen LogP contribution is 2.21. The number of benzene rings is 1. The van der Waals surface area contributed by atoms with Crippen molar-refractivity contribution in [3.05, 3.63) is 66.1 Å². The Morgan fingerprint density at radius 3 is 1.89 bits per heavy atom. The summed E-state index contributed by atoms with van der Waals surface area (Å²) < 4.78 is 0. The van der Waals surface area contributed by atoms with Crippen LogP contribution >= 0.6 is 0 Å². The smallest absolute Gasteiger partial charge is 0.178 e. The second kappa shape index (κ2) is 10.7. The number of hydrogen-bond acceptors (Lipinski definition) is 3. The summed E-state index contributed by atoms with van der Waals surface area (Å²) in [5, 5.41) is 0. The summed E-state index contributed by atoms with van der Waals surface area (Å²) in [5.41, 5.74) is 5.71. The molecule has 0 radical (unpaired) electrons. The van der Waals surface area contributed by atoms with Crippen molar-refractivity contribution in [3.63, 3.8) is 0 Å². The topological polar surface area (TPSA) is 38.7 Å². The molecule has 3 rings (SSSR count). The van der Waals surface area contributed by atoms with E-state index >= 15 is 0 Å². The minimum Gasteiger partial charge on any atom is -0.253 e. The van der Waals surface area contributed by atoms with Gasteiger partial charge in [0.05, 0.1) is 0 Å². The van der Waals surface area contributed by atoms with E-state index in [1.54, 1.807) is 0 Å². The Bertz CT molecular complexity index is 821. The SMILES string of the molecule is CCCCCCc1ccc(-c2ncc(-c3ccc(CCCC)cc3)cn2)nc1. The number of rotatable bonds is 10. The molecule has 3 nitrogen and oxygen atoms in total. The third-order valence-corrected chi connectivity index (χ3v) is 5.13. The molecule has 0 saturated carbocycles. The monoisotopic (exact) mass is 373 g/mol. The Hall–Kier alpha value is -2.55. The van der Waals surface area contributed by atoms with Gasteiger partial charge in [-0.15, -0.1) is 0 Å². The van der Waals surface area contributed by atoms with Crippen molar-refractivity contribution in [2.75, 3.05) is 0 Å². The van der Waals surface area contributed by atoms with E-state index in [0.717, 1.165) is 29.7 Å². The van der Waals surface area contributed by atoms with Crippen LogP contribution in [0, 0.1) is 0 Å². The second-order valence-electron chi connectivity index (χ2n) is 7.46. The summed E-state index contributed by atoms with van der Waals surface area (Å²) in [7, 11) is 0. The van der Waals surface area contributed by atoms with Gasteiger partial charge in [0.25, 0.3) is 0 Å². The molecule has 0 atom stereocenters. The van der Waals surface area contributed by atoms with E-state index in [-0.39, 0.29) is 0 Å². The van der Waals surface area contributed by atoms with Gasteiger partial charge in [-0.25, -0.2) is 9.97 Å². The van der Waals surface area contributed by atoms with E-state index < -0.39 is 0 Å². The Balaban J connectivity index is 1.62. The van der Waals surface area contributed by atoms with Crippen LogP contribution in [0.2, 0.25) is 0 Å². The molecule has 146 valence electrons. The zero-order valence-electron chi connectivity index (χ0n) is 17.2. The minimum absolute atomic E-state index is 0.681. The highest BCUT2D eigenvalue weighted by molar-refractivity contribution is 5.63. The maximum atomic E-state index is 4.57. The van der Waals surface area contributed by atoms with E-state index in [0.29, 0.717) is 5.82 Å². The number of nitrogens with zero attached hydrogens (tertiary/aromatic N) is 3. The fraction of sp³-hybridized carbons (Fsp3) is 0.400. The van der Waals surface area contributed by atoms with Gasteiger partial charge < -0.3 is 0 Å². The molecule has 0 aliphatic rings. The van der Waals surface area contributed by atoms with Crippen LogP contribution in [0.25, 0.3) is 22.6 Å². The summed E-state index contributed by atoms with van der Waals surface area (Å²) in [6, 6.07) is 12.9. The van der Waals surface area contributed by atoms with Gasteiger partial charge in [-0.3, -0.25) is 4.98 Å². The van der Waals surface area contributed by atoms with E-state index in [1.165, 1.54) is 49.7 Å². The lowest BCUT2D eigenvalue weighted by molar-refractivity contribution is 0.666. The van der Waals surface area contributed by atoms with Crippen molar-refractivity contribution in [1.29, 1.82) is 0 Å². The molecule has 3 heteroatoms. The maximum absolute atomic E-state index is 4.57. The first kappa shape index (κ1) is 20.2. The summed E-state index contributed by atoms with van der Waals surface area (Å²) in [4.78, 5) is 13.6. The molecule has 0 bridgehead atoms. The molecule has 28 heavy (non-hydrogen) atoms. The second-order valence-corrected chi connectivity index (χ2v) is 7.46. The van der Waals surface area contributed by atoms with Crippen LogP contribution in [0.1, 0.15) is 63.5 Å². The van der Waals surface area contributed by atoms with Gasteiger partial charge in [0.1, 0.15) is 5.69 Å². The fourth-order valence-electron chi connectivity index (χ4n) is 3.31. The van der Waals surface area contributed by atoms with Crippen molar-refractivity contribution in [2.45, 2.75) is 65.2 Å². The van der Waals surface area contributed by atoms with Crippen molar-refractivity contribution in [2.24, 2.45) is 0 Å². The van der Waals surface area contributed by atoms with Crippen LogP contribution in [0.4, 0.5) is 0 Å². The lowest BCUT2D eigenvalue weighted by atomic mass is 10.0. The minimum atomic E-state index is 0.681. The Kier molecular flexibility index (Phi) is 7.71. The molecule has 0 N–H and O–H groups in total. The molecular weight excluding hydrogens is 342 g/mol. The van der Waals surface area contributed by atoms with Gasteiger partial charge in [0, 0.05) is 24.2 Å². The van der Waals surface area contributed by atoms with E-state index in [1.807, 2.05) is 24.7 Å². The Morgan fingerprint density at radius 1 is 0.571 bits per heavy atom. The molecule has 0 unspecified atom stereocenters. The predicted molar refractivity (Wildman–Crippen MR) is 117 cm³/mol. The third kappa shape index (κ3) is 5.72. The lowest BCUT2D eigenvalue weighted by Gasteiger charge is -2.06. The normalized spacial score (nSPS) is 10.9. The van der Waals surface area contributed by atoms with Gasteiger partial charge in [0.15, 0.2) is 5.82 Å². The third-order valence-electron chi connectivity index (χ3n) is 5.13. The average molecular weight is 374 g/mol. The van der Waals surface area contributed by atoms with Gasteiger partial charge >= 0.3 is 0 Å². The van der Waals surface area contributed by atoms with E-state index in [2.05, 4.69) is 59.1 Å². The average Bonchev–Trinajstić information content (AvgIpc) is 2.76. The lowest BCUT2D eigenvalue weighted by Crippen LogP contribution is -1.94. The van der Waals surface area contributed by atoms with Crippen LogP contribution in [0.15, 0.2) is 55.0 Å². The number of aromatic nitrogens is 3. The summed E-state index contributed by atoms with van der Waals surface area (Å²) >= 11 is 0. The standard InChI is InChI=1S/C25H31N3/c1-3-5-7-8-10-21-13-16-24(26-17-21)25-27-18-23(19-28-25)22-14-11-20(12-15-22)9-6-4-2/h11-19H,3-10H2,1-2H3. The number of hydrogen-bond donors (Lipinski definition) is 0. The molecule has 2 aromatic heterocycles. The van der Waals surface area contributed by atoms with Crippen molar-refractivity contribution >= 4 is 0 Å². The first-order valence-electron chi connectivity index (χ1n) is 10.7. The van der Waals surface area contributed by atoms with Crippen LogP contribution in [-0.2, 0) is 12.8 Å². The molecule has 1 aromatic carbocycles. The Morgan fingerprint density at radius 2 is 1.25 bits per heavy atom. The largest absolute Gasteiger partial charge is 0.253 e. The van der Waals surface area contributed by atoms with Crippen molar-refractivity contribution in [3.8, 4) is 22.6 Å². The zero-order chi connectivity index (χ0) is 19.6. The molecule has 0 aliphatic carbocycles. The Labute approximate surface area is 169 Å². The predicted octanol–water partition coefficient (Wildman–Crippen LogP) is 6.67. The summed E-state index contributed by atoms with van der Waals surface area (Å²) in [6.45, 7) is 4.47. The molecule has 0 fully saturated rings. The van der Waals surface area contributed by atoms with Crippen molar-refractivity contribution in [1.82, 2.24) is 15.0 Å². The van der Waals surface area contributed by atoms with Gasteiger partial charge in [0.2, 0.25) is 0 Å². The molecule has 3 aromatic rings. The molecule has 2 heterocycles. The van der Waals surface area contributed by atoms with E-state index in [9.17, 15) is 0 Å². The zero-order valence-corrected chi connectivity index (χ0v) is 17.2. The summed E-state index contributed by atoms with van der Waals surface area (Å²) in [5.74, 6) is 0.681. The van der Waals surface area contributed by atoms with Gasteiger partial charge in [-0.2, -0.15) is 0 Å². The van der Waals surface area contributed by atoms with Crippen LogP contribution in [-0.4, -0.2) is 15.0 Å². The van der Waals surface area contributed by atoms with Crippen LogP contribution < -0.4 is 0 Å². The number of unbranched alkanes of at least 4 members (excludes halogenated alkanes) is 4. The van der Waals surface area contributed by atoms with E-state index in [4.69, 9.17) is 0 Å². The van der Waals surface area contributed by atoms with Crippen LogP contribution in [0.3, 0.4) is 0 Å². The number of aryl methyl sites for hydroxylation is 2. The molecule has 0 spiro atoms. The van der Waals surface area contributed by atoms with Crippen molar-refractivity contribution < 1.29 is 0 Å². The quantitative estimate of drug-likeness (QED) is 0.372. The fourth-order valence-corrected chi connectivity index (χ4v) is 3.31. The maximum Gasteiger partial charge on any atom is 0.178 e. The first-order chi connectivity index (χ1) is 13.8. The van der Waals surface area contributed by atoms with Crippen LogP contribution in [0.5, 0.6) is 0 Å². The molecular formula is C25H31N3. The molecule has 0 amide bonds. The highest BCUT2D eigenvalue weighted by Gasteiger charge is 2.05. The highest BCUT2D eigenvalue weighted by atomic mass is 14.9. The van der Waals surface area contributed by atoms with Gasteiger partial charge in [-0.1, -0.05) is 69.9 Å². The molecule has 0 aliphatic heterocycles.